The number of hydrogen-bond acceptors (Lipinski definition) is 1. The van der Waals surface area contributed by atoms with Gasteiger partial charge in [0.2, 0.25) is 5.24 Å². The molecule has 0 aliphatic heterocycles. The molecule has 0 aliphatic rings. The van der Waals surface area contributed by atoms with Gasteiger partial charge >= 0.3 is 0 Å². The van der Waals surface area contributed by atoms with Gasteiger partial charge in [-0.1, -0.05) is 23.7 Å². The summed E-state index contributed by atoms with van der Waals surface area (Å²) in [4.78, 5) is 9.21. The summed E-state index contributed by atoms with van der Waals surface area (Å²) in [5.74, 6) is 0. The zero-order valence-electron chi connectivity index (χ0n) is 7.90. The lowest BCUT2D eigenvalue weighted by Crippen LogP contribution is -1.75. The maximum absolute atomic E-state index is 9.21. The molecule has 1 rings (SSSR count). The van der Waals surface area contributed by atoms with E-state index in [2.05, 4.69) is 17.7 Å². The van der Waals surface area contributed by atoms with E-state index in [1.807, 2.05) is 26.0 Å². The van der Waals surface area contributed by atoms with Gasteiger partial charge in [0.25, 0.3) is 0 Å². The van der Waals surface area contributed by atoms with Crippen molar-refractivity contribution in [2.45, 2.75) is 20.8 Å². The summed E-state index contributed by atoms with van der Waals surface area (Å²) < 4.78 is 0. The molecule has 0 N–H and O–H groups in total. The zero-order valence-corrected chi connectivity index (χ0v) is 9.41. The minimum atomic E-state index is -0.361. The maximum atomic E-state index is 9.21. The fraction of sp³-hybridized carbons (Fsp3) is 0.300. The lowest BCUT2D eigenvalue weighted by Gasteiger charge is -1.96. The topological polar surface area (TPSA) is 17.1 Å². The van der Waals surface area contributed by atoms with E-state index in [0.29, 0.717) is 0 Å². The van der Waals surface area contributed by atoms with Crippen LogP contribution in [0.2, 0.25) is 5.02 Å². The van der Waals surface area contributed by atoms with E-state index in [1.165, 1.54) is 12.5 Å². The molecule has 0 spiro atoms. The van der Waals surface area contributed by atoms with E-state index in [0.717, 1.165) is 10.6 Å². The van der Waals surface area contributed by atoms with Crippen LogP contribution >= 0.6 is 23.2 Å². The largest absolute Gasteiger partial charge is 0.282 e. The van der Waals surface area contributed by atoms with E-state index in [1.54, 1.807) is 0 Å². The van der Waals surface area contributed by atoms with Crippen LogP contribution in [0.25, 0.3) is 0 Å². The number of carbonyl (C=O) groups is 1. The number of halogens is 2. The monoisotopic (exact) mass is 218 g/mol. The predicted molar refractivity (Wildman–Crippen MR) is 57.5 cm³/mol. The Hall–Kier alpha value is -0.530. The van der Waals surface area contributed by atoms with E-state index in [-0.39, 0.29) is 5.24 Å². The first-order valence-corrected chi connectivity index (χ1v) is 4.58. The Morgan fingerprint density at radius 1 is 1.31 bits per heavy atom. The molecule has 0 saturated carbocycles. The van der Waals surface area contributed by atoms with Gasteiger partial charge in [-0.3, -0.25) is 4.79 Å². The summed E-state index contributed by atoms with van der Waals surface area (Å²) in [5.41, 5.74) is 2.35. The highest BCUT2D eigenvalue weighted by Gasteiger charge is 1.91. The molecule has 1 aromatic carbocycles. The number of benzene rings is 1. The van der Waals surface area contributed by atoms with Crippen LogP contribution in [0.5, 0.6) is 0 Å². The molecule has 0 atom stereocenters. The molecule has 0 bridgehead atoms. The smallest absolute Gasteiger partial charge is 0.218 e. The van der Waals surface area contributed by atoms with Crippen molar-refractivity contribution in [2.24, 2.45) is 0 Å². The highest BCUT2D eigenvalue weighted by molar-refractivity contribution is 6.62. The molecular weight excluding hydrogens is 207 g/mol. The summed E-state index contributed by atoms with van der Waals surface area (Å²) in [6.07, 6.45) is 0. The molecule has 3 heteroatoms. The van der Waals surface area contributed by atoms with Crippen LogP contribution in [0.15, 0.2) is 18.2 Å². The Labute approximate surface area is 88.7 Å². The summed E-state index contributed by atoms with van der Waals surface area (Å²) in [7, 11) is 0. The average Bonchev–Trinajstić information content (AvgIpc) is 1.96. The minimum Gasteiger partial charge on any atom is -0.282 e. The molecule has 0 fully saturated rings. The molecule has 0 radical (unpaired) electrons. The molecule has 0 saturated heterocycles. The summed E-state index contributed by atoms with van der Waals surface area (Å²) in [6, 6.07) is 6.05. The predicted octanol–water partition coefficient (Wildman–Crippen LogP) is 3.73. The van der Waals surface area contributed by atoms with Crippen molar-refractivity contribution in [3.05, 3.63) is 34.3 Å². The Morgan fingerprint density at radius 3 is 2.08 bits per heavy atom. The number of hydrogen-bond donors (Lipinski definition) is 0. The molecule has 72 valence electrons. The van der Waals surface area contributed by atoms with Crippen LogP contribution in [0, 0.1) is 13.8 Å². The third kappa shape index (κ3) is 6.62. The van der Waals surface area contributed by atoms with Gasteiger partial charge in [-0.2, -0.15) is 0 Å². The normalized spacial score (nSPS) is 8.69. The SMILES string of the molecule is CC(=O)Cl.Cc1ccc(C)c(Cl)c1. The van der Waals surface area contributed by atoms with Crippen LogP contribution < -0.4 is 0 Å². The fourth-order valence-corrected chi connectivity index (χ4v) is 0.933. The van der Waals surface area contributed by atoms with Gasteiger partial charge in [-0.05, 0) is 42.6 Å². The van der Waals surface area contributed by atoms with Gasteiger partial charge in [-0.25, -0.2) is 0 Å². The molecule has 0 aliphatic carbocycles. The summed E-state index contributed by atoms with van der Waals surface area (Å²) in [5, 5.41) is 0.495. The Kier molecular flexibility index (Phi) is 5.76. The van der Waals surface area contributed by atoms with E-state index < -0.39 is 0 Å². The van der Waals surface area contributed by atoms with Gasteiger partial charge in [0.05, 0.1) is 0 Å². The third-order valence-electron chi connectivity index (χ3n) is 1.33. The van der Waals surface area contributed by atoms with Crippen molar-refractivity contribution in [1.29, 1.82) is 0 Å². The lowest BCUT2D eigenvalue weighted by molar-refractivity contribution is -0.109. The average molecular weight is 219 g/mol. The zero-order chi connectivity index (χ0) is 10.4. The highest BCUT2D eigenvalue weighted by atomic mass is 35.5. The first-order chi connectivity index (χ1) is 5.93. The van der Waals surface area contributed by atoms with Crippen molar-refractivity contribution >= 4 is 28.4 Å². The van der Waals surface area contributed by atoms with Gasteiger partial charge in [0, 0.05) is 11.9 Å². The lowest BCUT2D eigenvalue weighted by atomic mass is 10.2. The quantitative estimate of drug-likeness (QED) is 0.607. The van der Waals surface area contributed by atoms with Crippen molar-refractivity contribution in [1.82, 2.24) is 0 Å². The second kappa shape index (κ2) is 6.01. The number of aryl methyl sites for hydroxylation is 2. The maximum Gasteiger partial charge on any atom is 0.218 e. The molecular formula is C10H12Cl2O. The van der Waals surface area contributed by atoms with Gasteiger partial charge in [-0.15, -0.1) is 0 Å². The van der Waals surface area contributed by atoms with E-state index in [4.69, 9.17) is 11.6 Å². The molecule has 0 unspecified atom stereocenters. The number of rotatable bonds is 0. The van der Waals surface area contributed by atoms with Gasteiger partial charge in [0.15, 0.2) is 0 Å². The molecule has 0 amide bonds. The first kappa shape index (κ1) is 12.5. The summed E-state index contributed by atoms with van der Waals surface area (Å²) >= 11 is 10.4. The Balaban J connectivity index is 0.000000310. The summed E-state index contributed by atoms with van der Waals surface area (Å²) in [6.45, 7) is 5.33. The standard InChI is InChI=1S/C8H9Cl.C2H3ClO/c1-6-3-4-7(2)8(9)5-6;1-2(3)4/h3-5H,1-2H3;1H3. The van der Waals surface area contributed by atoms with Gasteiger partial charge in [0.1, 0.15) is 0 Å². The Bertz CT molecular complexity index is 291. The number of carbonyl (C=O) groups excluding carboxylic acids is 1. The minimum absolute atomic E-state index is 0.361. The van der Waals surface area contributed by atoms with Crippen LogP contribution in [0.3, 0.4) is 0 Å². The van der Waals surface area contributed by atoms with Crippen LogP contribution in [0.1, 0.15) is 18.1 Å². The second-order valence-corrected chi connectivity index (χ2v) is 3.66. The fourth-order valence-electron chi connectivity index (χ4n) is 0.698. The van der Waals surface area contributed by atoms with Crippen LogP contribution in [0.4, 0.5) is 0 Å². The molecule has 1 aromatic rings. The Morgan fingerprint density at radius 2 is 1.77 bits per heavy atom. The molecule has 0 heterocycles. The van der Waals surface area contributed by atoms with Gasteiger partial charge < -0.3 is 0 Å². The van der Waals surface area contributed by atoms with Crippen LogP contribution in [-0.4, -0.2) is 5.24 Å². The van der Waals surface area contributed by atoms with E-state index >= 15 is 0 Å². The van der Waals surface area contributed by atoms with Crippen LogP contribution in [-0.2, 0) is 4.79 Å². The molecule has 0 aromatic heterocycles. The second-order valence-electron chi connectivity index (χ2n) is 2.72. The van der Waals surface area contributed by atoms with E-state index in [9.17, 15) is 4.79 Å². The highest BCUT2D eigenvalue weighted by Crippen LogP contribution is 2.15. The molecule has 1 nitrogen and oxygen atoms in total. The molecule has 13 heavy (non-hydrogen) atoms. The van der Waals surface area contributed by atoms with Crippen molar-refractivity contribution in [3.8, 4) is 0 Å². The van der Waals surface area contributed by atoms with Crippen molar-refractivity contribution < 1.29 is 4.79 Å². The first-order valence-electron chi connectivity index (χ1n) is 3.82. The van der Waals surface area contributed by atoms with Crippen molar-refractivity contribution in [3.63, 3.8) is 0 Å². The third-order valence-corrected chi connectivity index (χ3v) is 1.73. The van der Waals surface area contributed by atoms with Crippen molar-refractivity contribution in [2.75, 3.05) is 0 Å².